The van der Waals surface area contributed by atoms with Crippen molar-refractivity contribution in [3.63, 3.8) is 0 Å². The van der Waals surface area contributed by atoms with Gasteiger partial charge in [-0.2, -0.15) is 0 Å². The average molecular weight is 386 g/mol. The molecular weight excluding hydrogens is 370 g/mol. The third-order valence-electron chi connectivity index (χ3n) is 3.71. The highest BCUT2D eigenvalue weighted by molar-refractivity contribution is 6.03. The maximum absolute atomic E-state index is 13.3. The lowest BCUT2D eigenvalue weighted by Crippen LogP contribution is -2.15. The molecule has 0 aliphatic carbocycles. The van der Waals surface area contributed by atoms with Crippen molar-refractivity contribution < 1.29 is 23.0 Å². The third-order valence-corrected chi connectivity index (χ3v) is 3.71. The molecule has 7 nitrogen and oxygen atoms in total. The standard InChI is InChI=1S/C19H16F2N4O3/c1-27-16-6-4-12(10-17(16)28-2)23-18(26)15-7-8-22-19(25-15)24-11-3-5-13(20)14(21)9-11/h3-10H,1-2H3,(H,23,26)(H,22,24,25). The summed E-state index contributed by atoms with van der Waals surface area (Å²) in [7, 11) is 3.00. The van der Waals surface area contributed by atoms with Crippen molar-refractivity contribution in [2.45, 2.75) is 0 Å². The van der Waals surface area contributed by atoms with E-state index < -0.39 is 17.5 Å². The topological polar surface area (TPSA) is 85.4 Å². The minimum Gasteiger partial charge on any atom is -0.493 e. The molecule has 0 aliphatic rings. The minimum absolute atomic E-state index is 0.0611. The Morgan fingerprint density at radius 1 is 0.929 bits per heavy atom. The molecule has 1 heterocycles. The van der Waals surface area contributed by atoms with Crippen LogP contribution in [-0.2, 0) is 0 Å². The number of halogens is 2. The first-order valence-corrected chi connectivity index (χ1v) is 8.08. The Bertz CT molecular complexity index is 1010. The molecule has 0 saturated heterocycles. The summed E-state index contributed by atoms with van der Waals surface area (Å²) in [6, 6.07) is 9.62. The highest BCUT2D eigenvalue weighted by atomic mass is 19.2. The lowest BCUT2D eigenvalue weighted by Gasteiger charge is -2.11. The summed E-state index contributed by atoms with van der Waals surface area (Å²) in [5.74, 6) is -1.40. The number of hydrogen-bond donors (Lipinski definition) is 2. The molecule has 0 saturated carbocycles. The summed E-state index contributed by atoms with van der Waals surface area (Å²) < 4.78 is 36.7. The van der Waals surface area contributed by atoms with Crippen LogP contribution in [0.3, 0.4) is 0 Å². The largest absolute Gasteiger partial charge is 0.493 e. The SMILES string of the molecule is COc1ccc(NC(=O)c2ccnc(Nc3ccc(F)c(F)c3)n2)cc1OC. The van der Waals surface area contributed by atoms with Crippen molar-refractivity contribution in [1.82, 2.24) is 9.97 Å². The first kappa shape index (κ1) is 19.0. The molecule has 2 N–H and O–H groups in total. The maximum atomic E-state index is 13.3. The zero-order chi connectivity index (χ0) is 20.1. The number of carbonyl (C=O) groups is 1. The lowest BCUT2D eigenvalue weighted by atomic mass is 10.2. The van der Waals surface area contributed by atoms with E-state index in [1.165, 1.54) is 32.5 Å². The van der Waals surface area contributed by atoms with Crippen LogP contribution < -0.4 is 20.1 Å². The van der Waals surface area contributed by atoms with Crippen LogP contribution in [0.4, 0.5) is 26.1 Å². The Labute approximate surface area is 159 Å². The Balaban J connectivity index is 1.76. The zero-order valence-electron chi connectivity index (χ0n) is 15.0. The number of ether oxygens (including phenoxy) is 2. The second kappa shape index (κ2) is 8.30. The normalized spacial score (nSPS) is 10.3. The van der Waals surface area contributed by atoms with Crippen molar-refractivity contribution in [1.29, 1.82) is 0 Å². The van der Waals surface area contributed by atoms with Gasteiger partial charge in [-0.1, -0.05) is 0 Å². The van der Waals surface area contributed by atoms with E-state index >= 15 is 0 Å². The van der Waals surface area contributed by atoms with E-state index in [2.05, 4.69) is 20.6 Å². The monoisotopic (exact) mass is 386 g/mol. The van der Waals surface area contributed by atoms with Crippen molar-refractivity contribution in [3.05, 3.63) is 66.0 Å². The molecule has 144 valence electrons. The molecule has 0 aliphatic heterocycles. The van der Waals surface area contributed by atoms with Crippen LogP contribution >= 0.6 is 0 Å². The molecule has 2 aromatic carbocycles. The van der Waals surface area contributed by atoms with E-state index in [1.54, 1.807) is 18.2 Å². The highest BCUT2D eigenvalue weighted by Gasteiger charge is 2.12. The molecule has 1 amide bonds. The molecule has 3 aromatic rings. The molecule has 0 atom stereocenters. The maximum Gasteiger partial charge on any atom is 0.274 e. The van der Waals surface area contributed by atoms with Crippen molar-refractivity contribution in [2.75, 3.05) is 24.9 Å². The van der Waals surface area contributed by atoms with Crippen LogP contribution in [0.5, 0.6) is 11.5 Å². The number of benzene rings is 2. The molecule has 0 spiro atoms. The van der Waals surface area contributed by atoms with Gasteiger partial charge in [0.15, 0.2) is 23.1 Å². The molecular formula is C19H16F2N4O3. The van der Waals surface area contributed by atoms with Gasteiger partial charge in [-0.05, 0) is 30.3 Å². The fraction of sp³-hybridized carbons (Fsp3) is 0.105. The van der Waals surface area contributed by atoms with Gasteiger partial charge in [0.05, 0.1) is 14.2 Å². The Kier molecular flexibility index (Phi) is 5.64. The van der Waals surface area contributed by atoms with Gasteiger partial charge in [0.2, 0.25) is 5.95 Å². The predicted molar refractivity (Wildman–Crippen MR) is 99.2 cm³/mol. The Hall–Kier alpha value is -3.75. The van der Waals surface area contributed by atoms with Crippen LogP contribution in [-0.4, -0.2) is 30.1 Å². The number of nitrogens with one attached hydrogen (secondary N) is 2. The van der Waals surface area contributed by atoms with Gasteiger partial charge >= 0.3 is 0 Å². The van der Waals surface area contributed by atoms with Crippen LogP contribution in [0.1, 0.15) is 10.5 Å². The fourth-order valence-corrected chi connectivity index (χ4v) is 2.36. The first-order chi connectivity index (χ1) is 13.5. The summed E-state index contributed by atoms with van der Waals surface area (Å²) in [6.07, 6.45) is 1.37. The molecule has 0 bridgehead atoms. The number of hydrogen-bond acceptors (Lipinski definition) is 6. The quantitative estimate of drug-likeness (QED) is 0.671. The number of amides is 1. The Morgan fingerprint density at radius 2 is 1.68 bits per heavy atom. The summed E-state index contributed by atoms with van der Waals surface area (Å²) >= 11 is 0. The van der Waals surface area contributed by atoms with Crippen molar-refractivity contribution in [3.8, 4) is 11.5 Å². The number of carbonyl (C=O) groups excluding carboxylic acids is 1. The second-order valence-corrected chi connectivity index (χ2v) is 5.54. The van der Waals surface area contributed by atoms with E-state index in [9.17, 15) is 13.6 Å². The average Bonchev–Trinajstić information content (AvgIpc) is 2.71. The number of aromatic nitrogens is 2. The van der Waals surface area contributed by atoms with Gasteiger partial charge in [0, 0.05) is 29.7 Å². The van der Waals surface area contributed by atoms with E-state index in [-0.39, 0.29) is 17.3 Å². The predicted octanol–water partition coefficient (Wildman–Crippen LogP) is 3.77. The summed E-state index contributed by atoms with van der Waals surface area (Å²) in [6.45, 7) is 0. The van der Waals surface area contributed by atoms with E-state index in [4.69, 9.17) is 9.47 Å². The van der Waals surface area contributed by atoms with Gasteiger partial charge < -0.3 is 20.1 Å². The molecule has 9 heteroatoms. The zero-order valence-corrected chi connectivity index (χ0v) is 15.0. The number of anilines is 3. The second-order valence-electron chi connectivity index (χ2n) is 5.54. The number of nitrogens with zero attached hydrogens (tertiary/aromatic N) is 2. The first-order valence-electron chi connectivity index (χ1n) is 8.08. The molecule has 28 heavy (non-hydrogen) atoms. The minimum atomic E-state index is -1.01. The van der Waals surface area contributed by atoms with Crippen LogP contribution in [0, 0.1) is 11.6 Å². The number of rotatable bonds is 6. The number of methoxy groups -OCH3 is 2. The van der Waals surface area contributed by atoms with Crippen molar-refractivity contribution in [2.24, 2.45) is 0 Å². The van der Waals surface area contributed by atoms with Crippen LogP contribution in [0.15, 0.2) is 48.7 Å². The smallest absolute Gasteiger partial charge is 0.274 e. The highest BCUT2D eigenvalue weighted by Crippen LogP contribution is 2.29. The summed E-state index contributed by atoms with van der Waals surface area (Å²) in [4.78, 5) is 20.5. The van der Waals surface area contributed by atoms with Gasteiger partial charge in [0.25, 0.3) is 5.91 Å². The summed E-state index contributed by atoms with van der Waals surface area (Å²) in [5, 5.41) is 5.41. The molecule has 1 aromatic heterocycles. The van der Waals surface area contributed by atoms with Gasteiger partial charge in [-0.3, -0.25) is 4.79 Å². The van der Waals surface area contributed by atoms with Gasteiger partial charge in [-0.15, -0.1) is 0 Å². The van der Waals surface area contributed by atoms with E-state index in [0.717, 1.165) is 12.1 Å². The molecule has 3 rings (SSSR count). The van der Waals surface area contributed by atoms with Gasteiger partial charge in [0.1, 0.15) is 5.69 Å². The molecule has 0 unspecified atom stereocenters. The molecule has 0 radical (unpaired) electrons. The lowest BCUT2D eigenvalue weighted by molar-refractivity contribution is 0.102. The third kappa shape index (κ3) is 4.32. The van der Waals surface area contributed by atoms with Gasteiger partial charge in [-0.25, -0.2) is 18.7 Å². The van der Waals surface area contributed by atoms with E-state index in [1.807, 2.05) is 0 Å². The van der Waals surface area contributed by atoms with Crippen molar-refractivity contribution >= 4 is 23.2 Å². The Morgan fingerprint density at radius 3 is 2.39 bits per heavy atom. The van der Waals surface area contributed by atoms with Crippen LogP contribution in [0.2, 0.25) is 0 Å². The van der Waals surface area contributed by atoms with Crippen LogP contribution in [0.25, 0.3) is 0 Å². The van der Waals surface area contributed by atoms with E-state index in [0.29, 0.717) is 17.2 Å². The summed E-state index contributed by atoms with van der Waals surface area (Å²) in [5.41, 5.74) is 0.808. The fourth-order valence-electron chi connectivity index (χ4n) is 2.36. The molecule has 0 fully saturated rings.